The summed E-state index contributed by atoms with van der Waals surface area (Å²) >= 11 is 0. The number of anilines is 1. The topological polar surface area (TPSA) is 129 Å². The number of fused-ring (bicyclic) bond motifs is 8. The maximum absolute atomic E-state index is 12.7. The zero-order valence-corrected chi connectivity index (χ0v) is 26.7. The van der Waals surface area contributed by atoms with Gasteiger partial charge in [-0.15, -0.1) is 5.10 Å². The van der Waals surface area contributed by atoms with Gasteiger partial charge in [-0.1, -0.05) is 19.1 Å². The fourth-order valence-corrected chi connectivity index (χ4v) is 5.93. The maximum atomic E-state index is 12.7. The number of hydrogen-bond donors (Lipinski definition) is 1. The molecule has 2 atom stereocenters. The third-order valence-electron chi connectivity index (χ3n) is 8.14. The maximum Gasteiger partial charge on any atom is 0.337 e. The van der Waals surface area contributed by atoms with Gasteiger partial charge in [0.05, 0.1) is 35.2 Å². The Kier molecular flexibility index (Phi) is 9.10. The van der Waals surface area contributed by atoms with E-state index in [9.17, 15) is 9.90 Å². The highest BCUT2D eigenvalue weighted by molar-refractivity contribution is 5.78. The molecule has 0 aliphatic carbocycles. The van der Waals surface area contributed by atoms with E-state index in [-0.39, 0.29) is 11.7 Å². The highest BCUT2D eigenvalue weighted by Crippen LogP contribution is 2.38. The van der Waals surface area contributed by atoms with Crippen molar-refractivity contribution < 1.29 is 24.1 Å². The summed E-state index contributed by atoms with van der Waals surface area (Å²) in [5.74, 6) is 0.0921. The van der Waals surface area contributed by atoms with E-state index in [4.69, 9.17) is 24.3 Å². The van der Waals surface area contributed by atoms with Gasteiger partial charge < -0.3 is 24.2 Å². The van der Waals surface area contributed by atoms with Crippen LogP contribution in [-0.2, 0) is 25.5 Å². The molecule has 3 aromatic heterocycles. The molecule has 12 nitrogen and oxygen atoms in total. The van der Waals surface area contributed by atoms with Gasteiger partial charge >= 0.3 is 5.97 Å². The molecule has 43 heavy (non-hydrogen) atoms. The van der Waals surface area contributed by atoms with Crippen LogP contribution >= 0.6 is 0 Å². The van der Waals surface area contributed by atoms with Gasteiger partial charge in [0.25, 0.3) is 0 Å². The molecule has 0 aromatic carbocycles. The van der Waals surface area contributed by atoms with Crippen LogP contribution in [0.25, 0.3) is 5.65 Å². The van der Waals surface area contributed by atoms with Crippen molar-refractivity contribution in [2.45, 2.75) is 111 Å². The molecule has 6 rings (SSSR count). The van der Waals surface area contributed by atoms with Gasteiger partial charge in [0.15, 0.2) is 11.8 Å². The number of nitrogens with zero attached hydrogens (tertiary/aromatic N) is 7. The van der Waals surface area contributed by atoms with Gasteiger partial charge in [0, 0.05) is 38.1 Å². The van der Waals surface area contributed by atoms with Gasteiger partial charge in [-0.2, -0.15) is 9.61 Å². The molecule has 236 valence electrons. The largest absolute Gasteiger partial charge is 0.479 e. The second-order valence-electron chi connectivity index (χ2n) is 13.6. The number of carbonyl (C=O) groups is 1. The number of aryl methyl sites for hydroxylation is 1. The second-order valence-corrected chi connectivity index (χ2v) is 13.6. The first-order valence-electron chi connectivity index (χ1n) is 15.5. The van der Waals surface area contributed by atoms with Gasteiger partial charge in [-0.05, 0) is 72.6 Å². The van der Waals surface area contributed by atoms with Crippen molar-refractivity contribution in [1.82, 2.24) is 29.6 Å². The van der Waals surface area contributed by atoms with Crippen molar-refractivity contribution in [2.24, 2.45) is 5.92 Å². The normalized spacial score (nSPS) is 23.0. The van der Waals surface area contributed by atoms with Crippen molar-refractivity contribution >= 4 is 17.4 Å². The van der Waals surface area contributed by atoms with E-state index in [1.807, 2.05) is 40.0 Å². The van der Waals surface area contributed by atoms with Gasteiger partial charge in [0.2, 0.25) is 0 Å². The fraction of sp³-hybridized carbons (Fsp3) is 0.710. The molecule has 3 aromatic rings. The molecule has 6 heterocycles. The highest BCUT2D eigenvalue weighted by Gasteiger charge is 2.38. The highest BCUT2D eigenvalue weighted by atomic mass is 16.5. The molecule has 6 bridgehead atoms. The van der Waals surface area contributed by atoms with Gasteiger partial charge in [-0.3, -0.25) is 0 Å². The summed E-state index contributed by atoms with van der Waals surface area (Å²) in [6.07, 6.45) is 4.87. The predicted octanol–water partition coefficient (Wildman–Crippen LogP) is 4.89. The van der Waals surface area contributed by atoms with Gasteiger partial charge in [-0.25, -0.2) is 14.5 Å². The van der Waals surface area contributed by atoms with Crippen LogP contribution in [0.4, 0.5) is 5.82 Å². The number of piperidine rings is 1. The molecule has 1 saturated heterocycles. The minimum absolute atomic E-state index is 0.132. The number of aliphatic carboxylic acids is 1. The monoisotopic (exact) mass is 597 g/mol. The minimum Gasteiger partial charge on any atom is -0.479 e. The lowest BCUT2D eigenvalue weighted by Crippen LogP contribution is -2.46. The van der Waals surface area contributed by atoms with Crippen molar-refractivity contribution in [3.8, 4) is 0 Å². The van der Waals surface area contributed by atoms with Crippen LogP contribution in [0.2, 0.25) is 0 Å². The minimum atomic E-state index is -1.21. The Hall–Kier alpha value is -3.09. The lowest BCUT2D eigenvalue weighted by molar-refractivity contribution is -0.160. The molecule has 3 aliphatic rings. The summed E-state index contributed by atoms with van der Waals surface area (Å²) in [5.41, 5.74) is 2.38. The lowest BCUT2D eigenvalue weighted by Gasteiger charge is -2.41. The fourth-order valence-electron chi connectivity index (χ4n) is 5.93. The third kappa shape index (κ3) is 7.35. The van der Waals surface area contributed by atoms with E-state index < -0.39 is 17.7 Å². The molecule has 1 N–H and O–H groups in total. The summed E-state index contributed by atoms with van der Waals surface area (Å²) in [4.78, 5) is 19.7. The third-order valence-corrected chi connectivity index (χ3v) is 8.14. The van der Waals surface area contributed by atoms with Crippen molar-refractivity contribution in [1.29, 1.82) is 0 Å². The molecule has 12 heteroatoms. The zero-order valence-electron chi connectivity index (χ0n) is 26.7. The quantitative estimate of drug-likeness (QED) is 0.434. The summed E-state index contributed by atoms with van der Waals surface area (Å²) in [7, 11) is 0. The summed E-state index contributed by atoms with van der Waals surface area (Å²) in [6, 6.07) is 1.93. The Morgan fingerprint density at radius 3 is 2.60 bits per heavy atom. The average molecular weight is 598 g/mol. The molecule has 0 amide bonds. The van der Waals surface area contributed by atoms with Gasteiger partial charge in [0.1, 0.15) is 17.6 Å². The first-order chi connectivity index (χ1) is 20.3. The average Bonchev–Trinajstić information content (AvgIpc) is 3.54. The van der Waals surface area contributed by atoms with Crippen molar-refractivity contribution in [2.75, 3.05) is 31.2 Å². The Labute approximate surface area is 253 Å². The van der Waals surface area contributed by atoms with E-state index in [2.05, 4.69) is 36.0 Å². The molecule has 0 saturated carbocycles. The van der Waals surface area contributed by atoms with Crippen LogP contribution < -0.4 is 4.90 Å². The number of hydrogen-bond acceptors (Lipinski definition) is 9. The Balaban J connectivity index is 1.60. The van der Waals surface area contributed by atoms with E-state index in [0.29, 0.717) is 61.5 Å². The SMILES string of the molecule is Cc1nc2cc3nn2c(c1[C@H](OC(C)(C)C)C(=O)O)N1CCC(C)(CC1)OCCCCOC(CC(C)C)c1cn(nn1)C3. The lowest BCUT2D eigenvalue weighted by atomic mass is 9.92. The van der Waals surface area contributed by atoms with E-state index in [1.54, 1.807) is 9.20 Å². The van der Waals surface area contributed by atoms with Crippen LogP contribution in [0.5, 0.6) is 0 Å². The van der Waals surface area contributed by atoms with Crippen LogP contribution in [0, 0.1) is 12.8 Å². The standard InChI is InChI=1S/C31H47N7O5/c1-20(2)16-24-23-19-37(35-33-23)18-22-17-25-32-21(3)26(27(29(39)40)43-30(4,5)6)28(38(25)34-22)36-12-10-31(7,11-13-36)42-15-9-8-14-41-24/h17,19-20,24,27H,8-16,18H2,1-7H3,(H,39,40)/t24?,27-/m0/s1. The number of carboxylic acid groups (broad SMARTS) is 1. The Bertz CT molecular complexity index is 1420. The predicted molar refractivity (Wildman–Crippen MR) is 161 cm³/mol. The van der Waals surface area contributed by atoms with Crippen LogP contribution in [0.1, 0.15) is 108 Å². The molecule has 0 radical (unpaired) electrons. The molecular weight excluding hydrogens is 550 g/mol. The van der Waals surface area contributed by atoms with Crippen molar-refractivity contribution in [3.05, 3.63) is 34.9 Å². The number of aromatic nitrogens is 6. The molecule has 0 spiro atoms. The second kappa shape index (κ2) is 12.5. The first-order valence-corrected chi connectivity index (χ1v) is 15.5. The van der Waals surface area contributed by atoms with Crippen LogP contribution in [0.3, 0.4) is 0 Å². The number of carboxylic acids is 1. The summed E-state index contributed by atoms with van der Waals surface area (Å²) in [5, 5.41) is 24.2. The summed E-state index contributed by atoms with van der Waals surface area (Å²) in [6.45, 7) is 17.0. The Morgan fingerprint density at radius 1 is 1.21 bits per heavy atom. The first kappa shape index (κ1) is 31.3. The van der Waals surface area contributed by atoms with E-state index in [1.165, 1.54) is 0 Å². The van der Waals surface area contributed by atoms with Crippen molar-refractivity contribution in [3.63, 3.8) is 0 Å². The molecular formula is C31H47N7O5. The Morgan fingerprint density at radius 2 is 1.93 bits per heavy atom. The zero-order chi connectivity index (χ0) is 30.9. The molecule has 1 fully saturated rings. The molecule has 3 aliphatic heterocycles. The van der Waals surface area contributed by atoms with E-state index >= 15 is 0 Å². The smallest absolute Gasteiger partial charge is 0.337 e. The number of ether oxygens (including phenoxy) is 3. The molecule has 1 unspecified atom stereocenters. The van der Waals surface area contributed by atoms with E-state index in [0.717, 1.165) is 43.5 Å². The van der Waals surface area contributed by atoms with Crippen LogP contribution in [0.15, 0.2) is 12.3 Å². The van der Waals surface area contributed by atoms with Crippen LogP contribution in [-0.4, -0.2) is 78.2 Å². The summed E-state index contributed by atoms with van der Waals surface area (Å²) < 4.78 is 22.5. The number of rotatable bonds is 5.